The van der Waals surface area contributed by atoms with E-state index in [4.69, 9.17) is 18.9 Å². The van der Waals surface area contributed by atoms with Crippen molar-refractivity contribution in [3.05, 3.63) is 60.0 Å². The highest BCUT2D eigenvalue weighted by atomic mass is 19.3. The molecular formula is C39H48F6N2O6. The molecule has 8 nitrogen and oxygen atoms in total. The lowest BCUT2D eigenvalue weighted by Crippen LogP contribution is -2.50. The van der Waals surface area contributed by atoms with Crippen LogP contribution in [0.1, 0.15) is 80.1 Å². The fourth-order valence-electron chi connectivity index (χ4n) is 7.51. The summed E-state index contributed by atoms with van der Waals surface area (Å²) in [6.45, 7) is 12.4. The van der Waals surface area contributed by atoms with Crippen LogP contribution in [-0.4, -0.2) is 42.2 Å². The molecule has 2 saturated carbocycles. The first-order valence-corrected chi connectivity index (χ1v) is 18.2. The number of nitrogens with one attached hydrogen (secondary N) is 2. The van der Waals surface area contributed by atoms with Crippen LogP contribution in [0.15, 0.2) is 60.0 Å². The summed E-state index contributed by atoms with van der Waals surface area (Å²) < 4.78 is 110. The number of carbonyl (C=O) groups is 2. The van der Waals surface area contributed by atoms with Crippen molar-refractivity contribution >= 4 is 23.6 Å². The molecule has 0 heterocycles. The molecular weight excluding hydrogens is 706 g/mol. The maximum Gasteiger partial charge on any atom is 0.411 e. The number of benzene rings is 2. The molecule has 3 aliphatic carbocycles. The molecule has 0 spiro atoms. The molecule has 14 heteroatoms. The number of alkyl halides is 6. The first-order chi connectivity index (χ1) is 24.8. The van der Waals surface area contributed by atoms with E-state index in [1.165, 1.54) is 24.3 Å². The van der Waals surface area contributed by atoms with Gasteiger partial charge in [-0.3, -0.25) is 10.6 Å². The largest absolute Gasteiger partial charge is 0.451 e. The van der Waals surface area contributed by atoms with Crippen molar-refractivity contribution in [2.24, 2.45) is 35.5 Å². The number of hydrogen-bond acceptors (Lipinski definition) is 6. The zero-order valence-corrected chi connectivity index (χ0v) is 30.7. The zero-order chi connectivity index (χ0) is 38.9. The highest BCUT2D eigenvalue weighted by Gasteiger charge is 2.83. The zero-order valence-electron chi connectivity index (χ0n) is 30.7. The molecule has 0 bridgehead atoms. The van der Waals surface area contributed by atoms with Crippen LogP contribution in [0, 0.1) is 35.5 Å². The first-order valence-electron chi connectivity index (χ1n) is 18.2. The normalized spacial score (nSPS) is 27.7. The summed E-state index contributed by atoms with van der Waals surface area (Å²) in [7, 11) is 0. The van der Waals surface area contributed by atoms with Gasteiger partial charge in [0.05, 0.1) is 0 Å². The predicted molar refractivity (Wildman–Crippen MR) is 186 cm³/mol. The van der Waals surface area contributed by atoms with E-state index >= 15 is 0 Å². The van der Waals surface area contributed by atoms with E-state index in [1.807, 2.05) is 0 Å². The quantitative estimate of drug-likeness (QED) is 0.235. The molecule has 2 aromatic carbocycles. The Hall–Kier alpha value is -4.10. The Labute approximate surface area is 306 Å². The summed E-state index contributed by atoms with van der Waals surface area (Å²) in [5.74, 6) is -20.2. The third-order valence-corrected chi connectivity index (χ3v) is 10.6. The van der Waals surface area contributed by atoms with Gasteiger partial charge >= 0.3 is 30.0 Å². The van der Waals surface area contributed by atoms with Gasteiger partial charge in [0.25, 0.3) is 0 Å². The van der Waals surface area contributed by atoms with Crippen LogP contribution in [0.4, 0.5) is 47.3 Å². The summed E-state index contributed by atoms with van der Waals surface area (Å²) in [5, 5.41) is 5.07. The summed E-state index contributed by atoms with van der Waals surface area (Å²) in [6.07, 6.45) is 3.27. The molecule has 2 fully saturated rings. The monoisotopic (exact) mass is 754 g/mol. The van der Waals surface area contributed by atoms with Gasteiger partial charge in [0.2, 0.25) is 11.5 Å². The van der Waals surface area contributed by atoms with Crippen LogP contribution in [-0.2, 0) is 9.47 Å². The Morgan fingerprint density at radius 3 is 1.26 bits per heavy atom. The lowest BCUT2D eigenvalue weighted by Gasteiger charge is -2.36. The fourth-order valence-corrected chi connectivity index (χ4v) is 7.51. The Morgan fingerprint density at radius 1 is 0.604 bits per heavy atom. The third kappa shape index (κ3) is 8.67. The molecule has 53 heavy (non-hydrogen) atoms. The molecule has 6 atom stereocenters. The average molecular weight is 755 g/mol. The summed E-state index contributed by atoms with van der Waals surface area (Å²) >= 11 is 0. The fraction of sp³-hybridized carbons (Fsp3) is 0.590. The van der Waals surface area contributed by atoms with Gasteiger partial charge in [-0.25, -0.2) is 9.59 Å². The van der Waals surface area contributed by atoms with Crippen LogP contribution in [0.3, 0.4) is 0 Å². The van der Waals surface area contributed by atoms with Gasteiger partial charge in [0.1, 0.15) is 23.7 Å². The van der Waals surface area contributed by atoms with Crippen LogP contribution in [0.2, 0.25) is 0 Å². The van der Waals surface area contributed by atoms with Gasteiger partial charge in [-0.2, -0.15) is 26.3 Å². The third-order valence-electron chi connectivity index (χ3n) is 10.6. The van der Waals surface area contributed by atoms with E-state index in [0.717, 1.165) is 49.9 Å². The van der Waals surface area contributed by atoms with Crippen molar-refractivity contribution in [2.45, 2.75) is 110 Å². The van der Waals surface area contributed by atoms with E-state index in [1.54, 1.807) is 0 Å². The van der Waals surface area contributed by atoms with Crippen LogP contribution in [0.25, 0.3) is 0 Å². The maximum atomic E-state index is 15.0. The van der Waals surface area contributed by atoms with E-state index in [9.17, 15) is 35.9 Å². The van der Waals surface area contributed by atoms with Gasteiger partial charge in [-0.05, 0) is 110 Å². The van der Waals surface area contributed by atoms with Crippen molar-refractivity contribution in [2.75, 3.05) is 10.6 Å². The second kappa shape index (κ2) is 15.7. The second-order valence-corrected chi connectivity index (χ2v) is 15.4. The molecule has 6 unspecified atom stereocenters. The van der Waals surface area contributed by atoms with Crippen molar-refractivity contribution in [1.29, 1.82) is 0 Å². The number of rotatable bonds is 10. The van der Waals surface area contributed by atoms with Gasteiger partial charge < -0.3 is 18.9 Å². The minimum atomic E-state index is -5.89. The lowest BCUT2D eigenvalue weighted by molar-refractivity contribution is -0.273. The van der Waals surface area contributed by atoms with Crippen molar-refractivity contribution in [3.63, 3.8) is 0 Å². The molecule has 5 rings (SSSR count). The first kappa shape index (κ1) is 40.1. The Bertz CT molecular complexity index is 1510. The number of halogens is 6. The van der Waals surface area contributed by atoms with Crippen LogP contribution < -0.4 is 20.1 Å². The molecule has 0 aromatic heterocycles. The van der Waals surface area contributed by atoms with E-state index in [-0.39, 0.29) is 35.4 Å². The van der Waals surface area contributed by atoms with Crippen molar-refractivity contribution in [1.82, 2.24) is 0 Å². The van der Waals surface area contributed by atoms with Gasteiger partial charge in [-0.15, -0.1) is 0 Å². The number of hydrogen-bond donors (Lipinski definition) is 2. The summed E-state index contributed by atoms with van der Waals surface area (Å²) in [5.41, 5.74) is 0.328. The van der Waals surface area contributed by atoms with E-state index < -0.39 is 53.0 Å². The smallest absolute Gasteiger partial charge is 0.411 e. The van der Waals surface area contributed by atoms with Gasteiger partial charge in [0, 0.05) is 11.4 Å². The van der Waals surface area contributed by atoms with Gasteiger partial charge in [0.15, 0.2) is 0 Å². The van der Waals surface area contributed by atoms with E-state index in [0.29, 0.717) is 36.5 Å². The highest BCUT2D eigenvalue weighted by molar-refractivity contribution is 5.85. The molecule has 292 valence electrons. The second-order valence-electron chi connectivity index (χ2n) is 15.4. The number of anilines is 2. The number of allylic oxidation sites excluding steroid dienone is 2. The molecule has 0 saturated heterocycles. The van der Waals surface area contributed by atoms with Crippen molar-refractivity contribution < 1.29 is 54.9 Å². The Morgan fingerprint density at radius 2 is 0.943 bits per heavy atom. The Kier molecular flexibility index (Phi) is 11.9. The lowest BCUT2D eigenvalue weighted by atomic mass is 9.75. The molecule has 0 radical (unpaired) electrons. The van der Waals surface area contributed by atoms with Crippen LogP contribution >= 0.6 is 0 Å². The summed E-state index contributed by atoms with van der Waals surface area (Å²) in [6, 6.07) is 9.06. The number of ether oxygens (including phenoxy) is 4. The SMILES string of the molecule is CC1CCC(C(C)C)C(OC(=O)Nc2ccc(OC3=C(Oc4ccc(NC(=O)OC5CC(C)CCC5C(C)C)cc4)C(F)(F)C(F)(F)C3(F)F)cc2)C1. The molecule has 2 N–H and O–H groups in total. The molecule has 2 amide bonds. The standard InChI is InChI=1S/C39H48F6N2O6/c1-21(2)29-17-7-23(5)19-31(29)52-35(48)46-25-9-13-27(14-10-25)50-33-34(38(42,43)39(44,45)37(33,40)41)51-28-15-11-26(12-16-28)47-36(49)53-32-20-24(6)8-18-30(32)22(3)4/h9-16,21-24,29-32H,7-8,17-20H2,1-6H3,(H,46,48)(H,47,49). The van der Waals surface area contributed by atoms with Crippen molar-refractivity contribution in [3.8, 4) is 11.5 Å². The summed E-state index contributed by atoms with van der Waals surface area (Å²) in [4.78, 5) is 25.4. The van der Waals surface area contributed by atoms with Gasteiger partial charge in [-0.1, -0.05) is 54.4 Å². The minimum Gasteiger partial charge on any atom is -0.451 e. The molecule has 3 aliphatic rings. The highest BCUT2D eigenvalue weighted by Crippen LogP contribution is 2.59. The topological polar surface area (TPSA) is 95.1 Å². The van der Waals surface area contributed by atoms with E-state index in [2.05, 4.69) is 52.2 Å². The molecule has 2 aromatic rings. The minimum absolute atomic E-state index is 0.164. The maximum absolute atomic E-state index is 15.0. The number of amides is 2. The Balaban J connectivity index is 1.27. The number of carbonyl (C=O) groups excluding carboxylic acids is 2. The predicted octanol–water partition coefficient (Wildman–Crippen LogP) is 11.3. The average Bonchev–Trinajstić information content (AvgIpc) is 3.16. The molecule has 0 aliphatic heterocycles. The van der Waals surface area contributed by atoms with Crippen LogP contribution in [0.5, 0.6) is 11.5 Å².